The van der Waals surface area contributed by atoms with Crippen LogP contribution in [0.1, 0.15) is 44.6 Å². The predicted molar refractivity (Wildman–Crippen MR) is 109 cm³/mol. The van der Waals surface area contributed by atoms with E-state index in [2.05, 4.69) is 18.8 Å². The van der Waals surface area contributed by atoms with E-state index in [1.807, 2.05) is 6.92 Å². The van der Waals surface area contributed by atoms with Crippen molar-refractivity contribution in [1.29, 1.82) is 0 Å². The zero-order valence-corrected chi connectivity index (χ0v) is 17.7. The Morgan fingerprint density at radius 2 is 1.79 bits per heavy atom. The predicted octanol–water partition coefficient (Wildman–Crippen LogP) is 4.04. The molecule has 0 bridgehead atoms. The number of aromatic nitrogens is 1. The molecule has 0 atom stereocenters. The van der Waals surface area contributed by atoms with E-state index in [1.54, 1.807) is 9.80 Å². The van der Waals surface area contributed by atoms with Gasteiger partial charge in [0.1, 0.15) is 10.7 Å². The molecular formula is C20H23ClFN3O2S. The van der Waals surface area contributed by atoms with Crippen molar-refractivity contribution < 1.29 is 14.0 Å². The van der Waals surface area contributed by atoms with Crippen LogP contribution < -0.4 is 0 Å². The summed E-state index contributed by atoms with van der Waals surface area (Å²) in [6.45, 7) is 7.62. The highest BCUT2D eigenvalue weighted by molar-refractivity contribution is 7.13. The molecule has 0 N–H and O–H groups in total. The lowest BCUT2D eigenvalue weighted by molar-refractivity contribution is 0.0535. The van der Waals surface area contributed by atoms with E-state index in [0.29, 0.717) is 42.0 Å². The molecule has 2 amide bonds. The minimum absolute atomic E-state index is 0.0381. The average molecular weight is 424 g/mol. The molecule has 0 radical (unpaired) electrons. The summed E-state index contributed by atoms with van der Waals surface area (Å²) in [7, 11) is 0. The van der Waals surface area contributed by atoms with Crippen molar-refractivity contribution in [2.75, 3.05) is 26.2 Å². The first-order chi connectivity index (χ1) is 13.3. The molecule has 1 aliphatic heterocycles. The van der Waals surface area contributed by atoms with Crippen molar-refractivity contribution in [2.24, 2.45) is 5.92 Å². The highest BCUT2D eigenvalue weighted by Crippen LogP contribution is 2.23. The molecule has 2 aromatic rings. The monoisotopic (exact) mass is 423 g/mol. The second kappa shape index (κ2) is 8.57. The van der Waals surface area contributed by atoms with Gasteiger partial charge in [-0.25, -0.2) is 9.37 Å². The fourth-order valence-corrected chi connectivity index (χ4v) is 4.59. The Balaban J connectivity index is 1.65. The second-order valence-corrected chi connectivity index (χ2v) is 8.85. The van der Waals surface area contributed by atoms with Crippen LogP contribution in [0.5, 0.6) is 0 Å². The maximum atomic E-state index is 14.0. The number of benzene rings is 1. The number of nitrogens with zero attached hydrogens (tertiary/aromatic N) is 3. The van der Waals surface area contributed by atoms with Crippen molar-refractivity contribution in [1.82, 2.24) is 14.8 Å². The van der Waals surface area contributed by atoms with Gasteiger partial charge in [-0.1, -0.05) is 25.4 Å². The van der Waals surface area contributed by atoms with Crippen LogP contribution in [-0.4, -0.2) is 52.8 Å². The van der Waals surface area contributed by atoms with Gasteiger partial charge in [0.2, 0.25) is 0 Å². The summed E-state index contributed by atoms with van der Waals surface area (Å²) in [6.07, 6.45) is 0.853. The molecule has 5 nitrogen and oxygen atoms in total. The average Bonchev–Trinajstić information content (AvgIpc) is 3.02. The molecule has 150 valence electrons. The van der Waals surface area contributed by atoms with Gasteiger partial charge in [0, 0.05) is 37.6 Å². The lowest BCUT2D eigenvalue weighted by Crippen LogP contribution is -2.50. The van der Waals surface area contributed by atoms with Gasteiger partial charge in [-0.15, -0.1) is 11.3 Å². The number of carbonyl (C=O) groups is 2. The molecule has 2 heterocycles. The number of carbonyl (C=O) groups excluding carboxylic acids is 2. The smallest absolute Gasteiger partial charge is 0.265 e. The van der Waals surface area contributed by atoms with E-state index >= 15 is 0 Å². The van der Waals surface area contributed by atoms with Crippen LogP contribution in [0.15, 0.2) is 18.2 Å². The van der Waals surface area contributed by atoms with Gasteiger partial charge in [-0.3, -0.25) is 9.59 Å². The maximum absolute atomic E-state index is 14.0. The summed E-state index contributed by atoms with van der Waals surface area (Å²) >= 11 is 7.34. The number of rotatable bonds is 4. The van der Waals surface area contributed by atoms with Crippen LogP contribution in [0.3, 0.4) is 0 Å². The lowest BCUT2D eigenvalue weighted by Gasteiger charge is -2.34. The number of halogens is 2. The molecule has 0 saturated carbocycles. The third kappa shape index (κ3) is 4.52. The van der Waals surface area contributed by atoms with Crippen molar-refractivity contribution in [3.63, 3.8) is 0 Å². The molecule has 0 unspecified atom stereocenters. The van der Waals surface area contributed by atoms with Crippen molar-refractivity contribution in [3.05, 3.63) is 50.2 Å². The molecule has 1 saturated heterocycles. The summed E-state index contributed by atoms with van der Waals surface area (Å²) in [5, 5.41) is 1.29. The number of piperazine rings is 1. The summed E-state index contributed by atoms with van der Waals surface area (Å²) in [6, 6.07) is 3.94. The van der Waals surface area contributed by atoms with Gasteiger partial charge in [0.15, 0.2) is 0 Å². The van der Waals surface area contributed by atoms with Gasteiger partial charge >= 0.3 is 0 Å². The molecule has 3 rings (SSSR count). The molecule has 1 aromatic carbocycles. The Hall–Kier alpha value is -1.99. The first-order valence-corrected chi connectivity index (χ1v) is 10.5. The minimum atomic E-state index is -0.592. The SMILES string of the molecule is Cc1nc(CC(C)C)sc1C(=O)N1CCN(C(=O)c2cc(Cl)ccc2F)CC1. The number of thiazole rings is 1. The van der Waals surface area contributed by atoms with Crippen LogP contribution in [0.4, 0.5) is 4.39 Å². The van der Waals surface area contributed by atoms with Gasteiger partial charge in [-0.05, 0) is 31.0 Å². The van der Waals surface area contributed by atoms with Crippen molar-refractivity contribution >= 4 is 34.8 Å². The van der Waals surface area contributed by atoms with E-state index < -0.39 is 11.7 Å². The zero-order chi connectivity index (χ0) is 20.4. The number of amides is 2. The quantitative estimate of drug-likeness (QED) is 0.745. The highest BCUT2D eigenvalue weighted by atomic mass is 35.5. The summed E-state index contributed by atoms with van der Waals surface area (Å²) in [5.74, 6) is -0.563. The van der Waals surface area contributed by atoms with E-state index in [0.717, 1.165) is 17.1 Å². The van der Waals surface area contributed by atoms with E-state index in [-0.39, 0.29) is 11.5 Å². The van der Waals surface area contributed by atoms with Crippen molar-refractivity contribution in [2.45, 2.75) is 27.2 Å². The van der Waals surface area contributed by atoms with Crippen LogP contribution in [0.2, 0.25) is 5.02 Å². The molecular weight excluding hydrogens is 401 g/mol. The maximum Gasteiger partial charge on any atom is 0.265 e. The third-order valence-electron chi connectivity index (χ3n) is 4.63. The summed E-state index contributed by atoms with van der Waals surface area (Å²) in [5.41, 5.74) is 0.717. The number of hydrogen-bond acceptors (Lipinski definition) is 4. The standard InChI is InChI=1S/C20H23ClFN3O2S/c1-12(2)10-17-23-13(3)18(28-17)20(27)25-8-6-24(7-9-25)19(26)15-11-14(21)4-5-16(15)22/h4-5,11-12H,6-10H2,1-3H3. The molecule has 1 aliphatic rings. The fourth-order valence-electron chi connectivity index (χ4n) is 3.18. The molecule has 0 aliphatic carbocycles. The molecule has 1 fully saturated rings. The normalized spacial score (nSPS) is 14.6. The fraction of sp³-hybridized carbons (Fsp3) is 0.450. The van der Waals surface area contributed by atoms with Gasteiger partial charge < -0.3 is 9.80 Å². The molecule has 1 aromatic heterocycles. The molecule has 28 heavy (non-hydrogen) atoms. The van der Waals surface area contributed by atoms with E-state index in [4.69, 9.17) is 11.6 Å². The Bertz CT molecular complexity index is 892. The van der Waals surface area contributed by atoms with Gasteiger partial charge in [0.05, 0.1) is 16.3 Å². The number of aryl methyl sites for hydroxylation is 1. The number of hydrogen-bond donors (Lipinski definition) is 0. The van der Waals surface area contributed by atoms with Crippen LogP contribution in [0.25, 0.3) is 0 Å². The third-order valence-corrected chi connectivity index (χ3v) is 6.03. The van der Waals surface area contributed by atoms with Gasteiger partial charge in [-0.2, -0.15) is 0 Å². The molecule has 8 heteroatoms. The Labute approximate surface area is 173 Å². The van der Waals surface area contributed by atoms with Crippen LogP contribution in [0, 0.1) is 18.7 Å². The molecule has 0 spiro atoms. The summed E-state index contributed by atoms with van der Waals surface area (Å²) < 4.78 is 14.0. The Morgan fingerprint density at radius 1 is 1.18 bits per heavy atom. The zero-order valence-electron chi connectivity index (χ0n) is 16.2. The minimum Gasteiger partial charge on any atom is -0.335 e. The van der Waals surface area contributed by atoms with E-state index in [1.165, 1.54) is 29.5 Å². The van der Waals surface area contributed by atoms with Crippen LogP contribution in [-0.2, 0) is 6.42 Å². The van der Waals surface area contributed by atoms with Gasteiger partial charge in [0.25, 0.3) is 11.8 Å². The van der Waals surface area contributed by atoms with Crippen molar-refractivity contribution in [3.8, 4) is 0 Å². The largest absolute Gasteiger partial charge is 0.335 e. The topological polar surface area (TPSA) is 53.5 Å². The second-order valence-electron chi connectivity index (χ2n) is 7.33. The van der Waals surface area contributed by atoms with Crippen LogP contribution >= 0.6 is 22.9 Å². The summed E-state index contributed by atoms with van der Waals surface area (Å²) in [4.78, 5) is 34.0. The Kier molecular flexibility index (Phi) is 6.35. The first-order valence-electron chi connectivity index (χ1n) is 9.26. The lowest BCUT2D eigenvalue weighted by atomic mass is 10.1. The highest BCUT2D eigenvalue weighted by Gasteiger charge is 2.28. The first kappa shape index (κ1) is 20.7. The Morgan fingerprint density at radius 3 is 2.39 bits per heavy atom. The van der Waals surface area contributed by atoms with E-state index in [9.17, 15) is 14.0 Å².